The summed E-state index contributed by atoms with van der Waals surface area (Å²) < 4.78 is 12.1. The van der Waals surface area contributed by atoms with Crippen LogP contribution >= 0.6 is 0 Å². The molecule has 0 aliphatic rings. The Balaban J connectivity index is 2.91. The zero-order chi connectivity index (χ0) is 19.4. The van der Waals surface area contributed by atoms with Gasteiger partial charge in [-0.25, -0.2) is 9.59 Å². The Labute approximate surface area is 148 Å². The summed E-state index contributed by atoms with van der Waals surface area (Å²) >= 11 is 0. The van der Waals surface area contributed by atoms with Gasteiger partial charge in [0, 0.05) is 6.54 Å². The average Bonchev–Trinajstić information content (AvgIpc) is 3.01. The maximum atomic E-state index is 12.9. The molecule has 0 unspecified atom stereocenters. The molecule has 2 rings (SSSR count). The summed E-state index contributed by atoms with van der Waals surface area (Å²) in [6.45, 7) is 7.27. The van der Waals surface area contributed by atoms with Gasteiger partial charge in [-0.2, -0.15) is 9.61 Å². The Morgan fingerprint density at radius 2 is 1.81 bits per heavy atom. The Kier molecular flexibility index (Phi) is 5.86. The van der Waals surface area contributed by atoms with Gasteiger partial charge in [-0.3, -0.25) is 9.36 Å². The van der Waals surface area contributed by atoms with Crippen molar-refractivity contribution in [3.8, 4) is 0 Å². The van der Waals surface area contributed by atoms with Gasteiger partial charge in [-0.05, 0) is 24.9 Å². The number of ether oxygens (including phenoxy) is 2. The Bertz CT molecular complexity index is 912. The lowest BCUT2D eigenvalue weighted by Crippen LogP contribution is -2.31. The van der Waals surface area contributed by atoms with E-state index in [4.69, 9.17) is 9.47 Å². The molecular formula is C16H20N4O6. The molecule has 0 saturated heterocycles. The summed E-state index contributed by atoms with van der Waals surface area (Å²) in [6.07, 6.45) is 1.17. The fourth-order valence-electron chi connectivity index (χ4n) is 2.54. The predicted octanol–water partition coefficient (Wildman–Crippen LogP) is 1.90. The van der Waals surface area contributed by atoms with E-state index in [1.165, 1.54) is 10.8 Å². The van der Waals surface area contributed by atoms with E-state index in [9.17, 15) is 19.3 Å². The molecule has 26 heavy (non-hydrogen) atoms. The molecule has 0 fully saturated rings. The van der Waals surface area contributed by atoms with Gasteiger partial charge < -0.3 is 9.47 Å². The average molecular weight is 364 g/mol. The molecule has 2 aromatic heterocycles. The van der Waals surface area contributed by atoms with Crippen molar-refractivity contribution in [3.05, 3.63) is 32.6 Å². The van der Waals surface area contributed by atoms with Crippen molar-refractivity contribution in [1.29, 1.82) is 0 Å². The van der Waals surface area contributed by atoms with Crippen molar-refractivity contribution >= 4 is 23.4 Å². The van der Waals surface area contributed by atoms with Crippen LogP contribution < -0.4 is 5.56 Å². The molecule has 2 aromatic rings. The molecule has 0 N–H and O–H groups in total. The molecule has 0 aromatic carbocycles. The zero-order valence-electron chi connectivity index (χ0n) is 15.0. The van der Waals surface area contributed by atoms with E-state index >= 15 is 0 Å². The van der Waals surface area contributed by atoms with E-state index in [2.05, 4.69) is 10.3 Å². The van der Waals surface area contributed by atoms with Crippen molar-refractivity contribution in [1.82, 2.24) is 14.2 Å². The van der Waals surface area contributed by atoms with Gasteiger partial charge in [0.2, 0.25) is 5.82 Å². The molecule has 0 bridgehead atoms. The third kappa shape index (κ3) is 3.35. The number of hydrogen-bond acceptors (Lipinski definition) is 8. The highest BCUT2D eigenvalue weighted by atomic mass is 16.5. The summed E-state index contributed by atoms with van der Waals surface area (Å²) in [5.74, 6) is -2.18. The van der Waals surface area contributed by atoms with Crippen LogP contribution in [0, 0.1) is 10.8 Å². The number of hydrogen-bond donors (Lipinski definition) is 0. The number of carbonyl (C=O) groups is 2. The first-order chi connectivity index (χ1) is 12.4. The Morgan fingerprint density at radius 1 is 1.19 bits per heavy atom. The van der Waals surface area contributed by atoms with Crippen LogP contribution in [0.15, 0.2) is 16.2 Å². The topological polar surface area (TPSA) is 121 Å². The SMILES string of the molecule is CCOC(=O)c1c(N=O)n2ncc(C(=O)OCC)c2n(CC(C)C)c1=O. The molecular weight excluding hydrogens is 344 g/mol. The number of aromatic nitrogens is 3. The molecule has 0 amide bonds. The van der Waals surface area contributed by atoms with Gasteiger partial charge >= 0.3 is 11.9 Å². The summed E-state index contributed by atoms with van der Waals surface area (Å²) in [7, 11) is 0. The number of carbonyl (C=O) groups excluding carboxylic acids is 2. The highest BCUT2D eigenvalue weighted by Crippen LogP contribution is 2.22. The summed E-state index contributed by atoms with van der Waals surface area (Å²) in [5, 5.41) is 6.75. The summed E-state index contributed by atoms with van der Waals surface area (Å²) in [5.41, 5.74) is -1.24. The quantitative estimate of drug-likeness (QED) is 0.543. The summed E-state index contributed by atoms with van der Waals surface area (Å²) in [4.78, 5) is 48.7. The van der Waals surface area contributed by atoms with Crippen LogP contribution in [0.25, 0.3) is 5.65 Å². The lowest BCUT2D eigenvalue weighted by molar-refractivity contribution is 0.0518. The second kappa shape index (κ2) is 7.89. The lowest BCUT2D eigenvalue weighted by atomic mass is 10.2. The van der Waals surface area contributed by atoms with Crippen molar-refractivity contribution < 1.29 is 19.1 Å². The molecule has 10 heteroatoms. The molecule has 2 heterocycles. The van der Waals surface area contributed by atoms with Gasteiger partial charge in [0.1, 0.15) is 5.56 Å². The van der Waals surface area contributed by atoms with Crippen LogP contribution in [0.4, 0.5) is 5.82 Å². The monoisotopic (exact) mass is 364 g/mol. The number of fused-ring (bicyclic) bond motifs is 1. The van der Waals surface area contributed by atoms with Crippen LogP contribution in [-0.4, -0.2) is 39.3 Å². The van der Waals surface area contributed by atoms with Crippen molar-refractivity contribution in [2.75, 3.05) is 13.2 Å². The van der Waals surface area contributed by atoms with E-state index in [1.54, 1.807) is 13.8 Å². The third-order valence-corrected chi connectivity index (χ3v) is 3.49. The van der Waals surface area contributed by atoms with E-state index < -0.39 is 28.9 Å². The highest BCUT2D eigenvalue weighted by molar-refractivity contribution is 5.98. The van der Waals surface area contributed by atoms with Gasteiger partial charge in [-0.1, -0.05) is 13.8 Å². The van der Waals surface area contributed by atoms with Gasteiger partial charge in [-0.15, -0.1) is 4.91 Å². The molecule has 10 nitrogen and oxygen atoms in total. The van der Waals surface area contributed by atoms with E-state index in [0.29, 0.717) is 0 Å². The van der Waals surface area contributed by atoms with Crippen molar-refractivity contribution in [3.63, 3.8) is 0 Å². The highest BCUT2D eigenvalue weighted by Gasteiger charge is 2.29. The first-order valence-electron chi connectivity index (χ1n) is 8.19. The standard InChI is InChI=1S/C16H20N4O6/c1-5-25-15(22)10-7-17-20-12(18-24)11(16(23)26-6-2)14(21)19(13(10)20)8-9(3)4/h7,9H,5-6,8H2,1-4H3. The molecule has 0 radical (unpaired) electrons. The summed E-state index contributed by atoms with van der Waals surface area (Å²) in [6, 6.07) is 0. The van der Waals surface area contributed by atoms with Crippen LogP contribution in [0.3, 0.4) is 0 Å². The van der Waals surface area contributed by atoms with Crippen LogP contribution in [0.5, 0.6) is 0 Å². The predicted molar refractivity (Wildman–Crippen MR) is 91.7 cm³/mol. The van der Waals surface area contributed by atoms with Crippen molar-refractivity contribution in [2.45, 2.75) is 34.2 Å². The zero-order valence-corrected chi connectivity index (χ0v) is 15.0. The number of rotatable bonds is 7. The first kappa shape index (κ1) is 19.3. The van der Waals surface area contributed by atoms with Crippen molar-refractivity contribution in [2.24, 2.45) is 11.1 Å². The van der Waals surface area contributed by atoms with Crippen LogP contribution in [0.2, 0.25) is 0 Å². The van der Waals surface area contributed by atoms with Crippen LogP contribution in [-0.2, 0) is 16.0 Å². The number of esters is 2. The molecule has 0 aliphatic heterocycles. The van der Waals surface area contributed by atoms with E-state index in [-0.39, 0.29) is 36.9 Å². The van der Waals surface area contributed by atoms with E-state index in [0.717, 1.165) is 4.52 Å². The fraction of sp³-hybridized carbons (Fsp3) is 0.500. The Hall–Kier alpha value is -3.04. The Morgan fingerprint density at radius 3 is 2.35 bits per heavy atom. The lowest BCUT2D eigenvalue weighted by Gasteiger charge is -2.15. The minimum Gasteiger partial charge on any atom is -0.462 e. The molecule has 0 saturated carbocycles. The second-order valence-corrected chi connectivity index (χ2v) is 5.83. The largest absolute Gasteiger partial charge is 0.462 e. The van der Waals surface area contributed by atoms with E-state index in [1.807, 2.05) is 13.8 Å². The molecule has 140 valence electrons. The first-order valence-corrected chi connectivity index (χ1v) is 8.19. The second-order valence-electron chi connectivity index (χ2n) is 5.83. The number of nitroso groups, excluding NO2 is 1. The van der Waals surface area contributed by atoms with Gasteiger partial charge in [0.15, 0.2) is 11.2 Å². The van der Waals surface area contributed by atoms with Gasteiger partial charge in [0.25, 0.3) is 5.56 Å². The maximum Gasteiger partial charge on any atom is 0.347 e. The normalized spacial score (nSPS) is 11.0. The third-order valence-electron chi connectivity index (χ3n) is 3.49. The maximum absolute atomic E-state index is 12.9. The number of nitrogens with zero attached hydrogens (tertiary/aromatic N) is 4. The molecule has 0 atom stereocenters. The molecule has 0 spiro atoms. The minimum absolute atomic E-state index is 0.00455. The van der Waals surface area contributed by atoms with Gasteiger partial charge in [0.05, 0.1) is 19.4 Å². The van der Waals surface area contributed by atoms with Crippen LogP contribution in [0.1, 0.15) is 48.4 Å². The smallest absolute Gasteiger partial charge is 0.347 e. The fourth-order valence-corrected chi connectivity index (χ4v) is 2.54. The molecule has 0 aliphatic carbocycles. The minimum atomic E-state index is -0.973.